The molecule has 0 saturated heterocycles. The maximum Gasteiger partial charge on any atom is 0.119 e. The van der Waals surface area contributed by atoms with Gasteiger partial charge in [-0.3, -0.25) is 4.68 Å². The maximum atomic E-state index is 5.23. The average molecular weight is 245 g/mol. The number of hydrogen-bond acceptors (Lipinski definition) is 3. The molecule has 2 rings (SSSR count). The van der Waals surface area contributed by atoms with Gasteiger partial charge in [-0.25, -0.2) is 0 Å². The smallest absolute Gasteiger partial charge is 0.119 e. The molecule has 0 fully saturated rings. The fraction of sp³-hybridized carbons (Fsp3) is 0.357. The maximum absolute atomic E-state index is 5.23. The van der Waals surface area contributed by atoms with Crippen LogP contribution in [-0.4, -0.2) is 16.9 Å². The fourth-order valence-corrected chi connectivity index (χ4v) is 1.86. The molecule has 0 aliphatic rings. The van der Waals surface area contributed by atoms with Crippen molar-refractivity contribution in [2.24, 2.45) is 7.05 Å². The van der Waals surface area contributed by atoms with Gasteiger partial charge in [-0.1, -0.05) is 12.1 Å². The molecule has 0 amide bonds. The van der Waals surface area contributed by atoms with Crippen molar-refractivity contribution in [1.29, 1.82) is 0 Å². The normalized spacial score (nSPS) is 12.4. The van der Waals surface area contributed by atoms with E-state index in [1.165, 1.54) is 11.1 Å². The predicted octanol–water partition coefficient (Wildman–Crippen LogP) is 2.28. The Morgan fingerprint density at radius 1 is 1.44 bits per heavy atom. The third kappa shape index (κ3) is 3.11. The zero-order chi connectivity index (χ0) is 13.0. The molecule has 1 heterocycles. The van der Waals surface area contributed by atoms with Gasteiger partial charge in [0.2, 0.25) is 0 Å². The first-order valence-corrected chi connectivity index (χ1v) is 6.04. The van der Waals surface area contributed by atoms with Crippen molar-refractivity contribution < 1.29 is 4.74 Å². The van der Waals surface area contributed by atoms with Gasteiger partial charge < -0.3 is 10.1 Å². The second-order valence-corrected chi connectivity index (χ2v) is 4.40. The number of rotatable bonds is 5. The van der Waals surface area contributed by atoms with E-state index in [-0.39, 0.29) is 6.04 Å². The van der Waals surface area contributed by atoms with E-state index in [2.05, 4.69) is 29.5 Å². The van der Waals surface area contributed by atoms with Crippen molar-refractivity contribution in [3.8, 4) is 5.75 Å². The van der Waals surface area contributed by atoms with E-state index in [4.69, 9.17) is 4.74 Å². The molecule has 0 radical (unpaired) electrons. The molecular weight excluding hydrogens is 226 g/mol. The molecule has 4 nitrogen and oxygen atoms in total. The summed E-state index contributed by atoms with van der Waals surface area (Å²) in [4.78, 5) is 0. The Labute approximate surface area is 108 Å². The summed E-state index contributed by atoms with van der Waals surface area (Å²) in [6.07, 6.45) is 3.90. The molecule has 1 aromatic carbocycles. The summed E-state index contributed by atoms with van der Waals surface area (Å²) in [6.45, 7) is 2.96. The summed E-state index contributed by atoms with van der Waals surface area (Å²) < 4.78 is 7.04. The van der Waals surface area contributed by atoms with E-state index in [1.807, 2.05) is 36.3 Å². The first kappa shape index (κ1) is 12.6. The largest absolute Gasteiger partial charge is 0.497 e. The minimum atomic E-state index is 0.278. The van der Waals surface area contributed by atoms with Gasteiger partial charge in [0.05, 0.1) is 13.3 Å². The highest BCUT2D eigenvalue weighted by atomic mass is 16.5. The molecule has 18 heavy (non-hydrogen) atoms. The van der Waals surface area contributed by atoms with E-state index in [9.17, 15) is 0 Å². The molecule has 4 heteroatoms. The van der Waals surface area contributed by atoms with Gasteiger partial charge in [-0.05, 0) is 24.6 Å². The lowest BCUT2D eigenvalue weighted by atomic mass is 10.1. The van der Waals surface area contributed by atoms with Crippen LogP contribution in [0.3, 0.4) is 0 Å². The predicted molar refractivity (Wildman–Crippen MR) is 71.5 cm³/mol. The second-order valence-electron chi connectivity index (χ2n) is 4.40. The average Bonchev–Trinajstić information content (AvgIpc) is 2.82. The standard InChI is InChI=1S/C14H19N3O/c1-11(13-5-4-6-14(7-13)18-3)15-8-12-9-16-17(2)10-12/h4-7,9-11,15H,8H2,1-3H3. The summed E-state index contributed by atoms with van der Waals surface area (Å²) in [5.74, 6) is 0.891. The molecule has 0 spiro atoms. The quantitative estimate of drug-likeness (QED) is 0.878. The van der Waals surface area contributed by atoms with Gasteiger partial charge >= 0.3 is 0 Å². The van der Waals surface area contributed by atoms with Crippen LogP contribution in [0.15, 0.2) is 36.7 Å². The molecule has 1 atom stereocenters. The molecule has 0 aliphatic carbocycles. The van der Waals surface area contributed by atoms with Crippen molar-refractivity contribution in [2.45, 2.75) is 19.5 Å². The zero-order valence-corrected chi connectivity index (χ0v) is 11.1. The molecular formula is C14H19N3O. The number of nitrogens with one attached hydrogen (secondary N) is 1. The monoisotopic (exact) mass is 245 g/mol. The van der Waals surface area contributed by atoms with Crippen LogP contribution < -0.4 is 10.1 Å². The van der Waals surface area contributed by atoms with Gasteiger partial charge in [-0.15, -0.1) is 0 Å². The van der Waals surface area contributed by atoms with E-state index in [0.717, 1.165) is 12.3 Å². The Hall–Kier alpha value is -1.81. The molecule has 1 unspecified atom stereocenters. The van der Waals surface area contributed by atoms with E-state index < -0.39 is 0 Å². The van der Waals surface area contributed by atoms with E-state index in [1.54, 1.807) is 7.11 Å². The summed E-state index contributed by atoms with van der Waals surface area (Å²) >= 11 is 0. The van der Waals surface area contributed by atoms with Crippen LogP contribution in [-0.2, 0) is 13.6 Å². The number of aryl methyl sites for hydroxylation is 1. The Balaban J connectivity index is 1.96. The topological polar surface area (TPSA) is 39.1 Å². The third-order valence-electron chi connectivity index (χ3n) is 2.96. The first-order chi connectivity index (χ1) is 8.69. The molecule has 0 bridgehead atoms. The third-order valence-corrected chi connectivity index (χ3v) is 2.96. The van der Waals surface area contributed by atoms with E-state index in [0.29, 0.717) is 0 Å². The van der Waals surface area contributed by atoms with Crippen LogP contribution >= 0.6 is 0 Å². The van der Waals surface area contributed by atoms with Gasteiger partial charge in [0.1, 0.15) is 5.75 Å². The molecule has 2 aromatic rings. The lowest BCUT2D eigenvalue weighted by molar-refractivity contribution is 0.413. The highest BCUT2D eigenvalue weighted by Gasteiger charge is 2.06. The Morgan fingerprint density at radius 3 is 2.94 bits per heavy atom. The van der Waals surface area contributed by atoms with Crippen LogP contribution in [0.1, 0.15) is 24.1 Å². The van der Waals surface area contributed by atoms with Crippen LogP contribution in [0.4, 0.5) is 0 Å². The zero-order valence-electron chi connectivity index (χ0n) is 11.1. The molecule has 1 aromatic heterocycles. The summed E-state index contributed by atoms with van der Waals surface area (Å²) in [5.41, 5.74) is 2.41. The van der Waals surface area contributed by atoms with E-state index >= 15 is 0 Å². The van der Waals surface area contributed by atoms with Crippen LogP contribution in [0.25, 0.3) is 0 Å². The molecule has 1 N–H and O–H groups in total. The van der Waals surface area contributed by atoms with Crippen LogP contribution in [0, 0.1) is 0 Å². The summed E-state index contributed by atoms with van der Waals surface area (Å²) in [5, 5.41) is 7.62. The number of ether oxygens (including phenoxy) is 1. The Morgan fingerprint density at radius 2 is 2.28 bits per heavy atom. The number of aromatic nitrogens is 2. The number of benzene rings is 1. The van der Waals surface area contributed by atoms with Gasteiger partial charge in [0.25, 0.3) is 0 Å². The van der Waals surface area contributed by atoms with Gasteiger partial charge in [0, 0.05) is 31.4 Å². The molecule has 0 saturated carbocycles. The van der Waals surface area contributed by atoms with Crippen molar-refractivity contribution in [3.63, 3.8) is 0 Å². The SMILES string of the molecule is COc1cccc(C(C)NCc2cnn(C)c2)c1. The summed E-state index contributed by atoms with van der Waals surface area (Å²) in [6, 6.07) is 8.40. The summed E-state index contributed by atoms with van der Waals surface area (Å²) in [7, 11) is 3.61. The second kappa shape index (κ2) is 5.69. The lowest BCUT2D eigenvalue weighted by Gasteiger charge is -2.14. The molecule has 96 valence electrons. The van der Waals surface area contributed by atoms with Gasteiger partial charge in [0.15, 0.2) is 0 Å². The lowest BCUT2D eigenvalue weighted by Crippen LogP contribution is -2.17. The van der Waals surface area contributed by atoms with Crippen LogP contribution in [0.5, 0.6) is 5.75 Å². The Bertz CT molecular complexity index is 507. The highest BCUT2D eigenvalue weighted by molar-refractivity contribution is 5.30. The minimum absolute atomic E-state index is 0.278. The first-order valence-electron chi connectivity index (χ1n) is 6.04. The Kier molecular flexibility index (Phi) is 3.99. The van der Waals surface area contributed by atoms with Crippen molar-refractivity contribution >= 4 is 0 Å². The fourth-order valence-electron chi connectivity index (χ4n) is 1.86. The number of nitrogens with zero attached hydrogens (tertiary/aromatic N) is 2. The van der Waals surface area contributed by atoms with Crippen molar-refractivity contribution in [3.05, 3.63) is 47.8 Å². The number of hydrogen-bond donors (Lipinski definition) is 1. The highest BCUT2D eigenvalue weighted by Crippen LogP contribution is 2.18. The van der Waals surface area contributed by atoms with Crippen molar-refractivity contribution in [1.82, 2.24) is 15.1 Å². The minimum Gasteiger partial charge on any atom is -0.497 e. The van der Waals surface area contributed by atoms with Gasteiger partial charge in [-0.2, -0.15) is 5.10 Å². The van der Waals surface area contributed by atoms with Crippen LogP contribution in [0.2, 0.25) is 0 Å². The number of methoxy groups -OCH3 is 1. The molecule has 0 aliphatic heterocycles. The van der Waals surface area contributed by atoms with Crippen molar-refractivity contribution in [2.75, 3.05) is 7.11 Å².